The second kappa shape index (κ2) is 10.7. The Labute approximate surface area is 196 Å². The molecule has 0 saturated carbocycles. The molecule has 0 unspecified atom stereocenters. The largest absolute Gasteiger partial charge is 0.490 e. The maximum Gasteiger partial charge on any atom is 0.490 e. The van der Waals surface area contributed by atoms with E-state index in [1.165, 1.54) is 5.56 Å². The third-order valence-corrected chi connectivity index (χ3v) is 6.01. The Morgan fingerprint density at radius 2 is 1.79 bits per heavy atom. The topological polar surface area (TPSA) is 84.7 Å². The quantitative estimate of drug-likeness (QED) is 0.722. The number of fused-ring (bicyclic) bond motifs is 1. The van der Waals surface area contributed by atoms with E-state index in [1.54, 1.807) is 10.9 Å². The molecule has 0 amide bonds. The molecule has 1 aromatic heterocycles. The number of hydrogen-bond acceptors (Lipinski definition) is 5. The van der Waals surface area contributed by atoms with Gasteiger partial charge < -0.3 is 9.84 Å². The number of morpholine rings is 1. The molecule has 0 radical (unpaired) electrons. The summed E-state index contributed by atoms with van der Waals surface area (Å²) < 4.78 is 38.9. The van der Waals surface area contributed by atoms with Gasteiger partial charge in [0.15, 0.2) is 0 Å². The van der Waals surface area contributed by atoms with Gasteiger partial charge in [0.2, 0.25) is 0 Å². The van der Waals surface area contributed by atoms with E-state index < -0.39 is 12.1 Å². The molecule has 7 nitrogen and oxygen atoms in total. The van der Waals surface area contributed by atoms with Gasteiger partial charge in [0.05, 0.1) is 31.8 Å². The van der Waals surface area contributed by atoms with Gasteiger partial charge in [0, 0.05) is 25.2 Å². The normalized spacial score (nSPS) is 17.9. The number of aromatic nitrogens is 2. The number of ether oxygens (including phenoxy) is 1. The zero-order chi connectivity index (χ0) is 24.9. The van der Waals surface area contributed by atoms with Crippen LogP contribution in [0.4, 0.5) is 13.2 Å². The second-order valence-corrected chi connectivity index (χ2v) is 9.46. The number of carboxylic acid groups (broad SMARTS) is 1. The van der Waals surface area contributed by atoms with E-state index >= 15 is 0 Å². The number of carbonyl (C=O) groups is 1. The Hall–Kier alpha value is -2.72. The summed E-state index contributed by atoms with van der Waals surface area (Å²) in [4.78, 5) is 28.9. The maximum atomic E-state index is 13.0. The number of carboxylic acids is 1. The van der Waals surface area contributed by atoms with E-state index in [1.807, 2.05) is 0 Å². The summed E-state index contributed by atoms with van der Waals surface area (Å²) in [5, 5.41) is 7.12. The molecule has 0 spiro atoms. The van der Waals surface area contributed by atoms with Crippen LogP contribution < -0.4 is 5.56 Å². The minimum Gasteiger partial charge on any atom is -0.475 e. The first kappa shape index (κ1) is 25.9. The molecule has 0 bridgehead atoms. The smallest absolute Gasteiger partial charge is 0.475 e. The first-order valence-electron chi connectivity index (χ1n) is 11.2. The van der Waals surface area contributed by atoms with E-state index in [2.05, 4.69) is 48.0 Å². The van der Waals surface area contributed by atoms with Crippen LogP contribution in [0.5, 0.6) is 0 Å². The van der Waals surface area contributed by atoms with Crippen molar-refractivity contribution in [3.8, 4) is 0 Å². The van der Waals surface area contributed by atoms with Crippen LogP contribution >= 0.6 is 0 Å². The predicted octanol–water partition coefficient (Wildman–Crippen LogP) is 3.27. The van der Waals surface area contributed by atoms with Crippen molar-refractivity contribution in [2.24, 2.45) is 5.41 Å². The van der Waals surface area contributed by atoms with E-state index in [9.17, 15) is 18.0 Å². The van der Waals surface area contributed by atoms with E-state index in [0.717, 1.165) is 68.9 Å². The zero-order valence-corrected chi connectivity index (χ0v) is 19.4. The molecule has 1 aliphatic heterocycles. The highest BCUT2D eigenvalue weighted by Crippen LogP contribution is 2.32. The Balaban J connectivity index is 0.000000406. The van der Waals surface area contributed by atoms with Gasteiger partial charge in [0.1, 0.15) is 0 Å². The van der Waals surface area contributed by atoms with E-state index in [4.69, 9.17) is 14.6 Å². The molecule has 2 heterocycles. The third kappa shape index (κ3) is 7.14. The number of nitrogens with zero attached hydrogens (tertiary/aromatic N) is 3. The summed E-state index contributed by atoms with van der Waals surface area (Å²) in [6.45, 7) is 9.57. The second-order valence-electron chi connectivity index (χ2n) is 9.46. The van der Waals surface area contributed by atoms with Crippen molar-refractivity contribution >= 4 is 5.97 Å². The summed E-state index contributed by atoms with van der Waals surface area (Å²) in [5.74, 6) is -2.76. The van der Waals surface area contributed by atoms with Crippen molar-refractivity contribution in [3.05, 3.63) is 63.3 Å². The Morgan fingerprint density at radius 1 is 1.18 bits per heavy atom. The third-order valence-electron chi connectivity index (χ3n) is 6.01. The lowest BCUT2D eigenvalue weighted by molar-refractivity contribution is -0.192. The minimum absolute atomic E-state index is 0.131. The molecule has 1 fully saturated rings. The Bertz CT molecular complexity index is 1060. The average Bonchev–Trinajstić information content (AvgIpc) is 2.76. The van der Waals surface area contributed by atoms with Gasteiger partial charge in [-0.15, -0.1) is 0 Å². The number of benzene rings is 1. The van der Waals surface area contributed by atoms with Crippen molar-refractivity contribution in [1.29, 1.82) is 0 Å². The van der Waals surface area contributed by atoms with Crippen molar-refractivity contribution in [2.75, 3.05) is 26.3 Å². The van der Waals surface area contributed by atoms with Crippen molar-refractivity contribution in [1.82, 2.24) is 14.5 Å². The molecule has 2 aromatic rings. The highest BCUT2D eigenvalue weighted by molar-refractivity contribution is 5.73. The fraction of sp³-hybridized carbons (Fsp3) is 0.542. The van der Waals surface area contributed by atoms with E-state index in [-0.39, 0.29) is 11.0 Å². The van der Waals surface area contributed by atoms with E-state index in [0.29, 0.717) is 6.54 Å². The fourth-order valence-electron chi connectivity index (χ4n) is 4.14. The summed E-state index contributed by atoms with van der Waals surface area (Å²) in [6, 6.07) is 8.56. The summed E-state index contributed by atoms with van der Waals surface area (Å²) in [7, 11) is 0. The fourth-order valence-corrected chi connectivity index (χ4v) is 4.14. The number of hydrogen-bond donors (Lipinski definition) is 1. The van der Waals surface area contributed by atoms with Crippen LogP contribution in [-0.4, -0.2) is 58.0 Å². The molecule has 1 aromatic carbocycles. The number of rotatable bonds is 4. The van der Waals surface area contributed by atoms with Gasteiger partial charge in [0.25, 0.3) is 5.56 Å². The lowest BCUT2D eigenvalue weighted by Gasteiger charge is -2.30. The zero-order valence-electron chi connectivity index (χ0n) is 19.4. The van der Waals surface area contributed by atoms with Gasteiger partial charge in [-0.25, -0.2) is 9.78 Å². The van der Waals surface area contributed by atoms with Crippen molar-refractivity contribution < 1.29 is 27.8 Å². The van der Waals surface area contributed by atoms with Crippen LogP contribution in [0.25, 0.3) is 0 Å². The molecule has 186 valence electrons. The van der Waals surface area contributed by atoms with Crippen LogP contribution in [0.1, 0.15) is 42.7 Å². The average molecular weight is 482 g/mol. The molecule has 10 heteroatoms. The van der Waals surface area contributed by atoms with Crippen molar-refractivity contribution in [2.45, 2.75) is 52.4 Å². The van der Waals surface area contributed by atoms with Crippen LogP contribution in [0, 0.1) is 5.41 Å². The van der Waals surface area contributed by atoms with Gasteiger partial charge in [-0.2, -0.15) is 13.2 Å². The van der Waals surface area contributed by atoms with Gasteiger partial charge in [-0.3, -0.25) is 14.3 Å². The standard InChI is InChI=1S/C22H29N3O2.C2HF3O2/c1-22(2)7-6-20-19(13-22)21(26)25(16-23-20)15-18-5-3-4-17(12-18)14-24-8-10-27-11-9-24;3-2(4,5)1(6)7/h3-5,12,16H,6-11,13-15H2,1-2H3;(H,6,7). The first-order chi connectivity index (χ1) is 15.9. The lowest BCUT2D eigenvalue weighted by atomic mass is 9.76. The molecule has 34 heavy (non-hydrogen) atoms. The molecular formula is C24H30F3N3O4. The van der Waals surface area contributed by atoms with Gasteiger partial charge in [-0.1, -0.05) is 38.1 Å². The summed E-state index contributed by atoms with van der Waals surface area (Å²) in [5.41, 5.74) is 4.67. The van der Waals surface area contributed by atoms with Crippen LogP contribution in [0.3, 0.4) is 0 Å². The van der Waals surface area contributed by atoms with Gasteiger partial charge >= 0.3 is 12.1 Å². The van der Waals surface area contributed by atoms with Crippen LogP contribution in [0.15, 0.2) is 35.4 Å². The van der Waals surface area contributed by atoms with Crippen LogP contribution in [-0.2, 0) is 35.5 Å². The number of aryl methyl sites for hydroxylation is 1. The lowest BCUT2D eigenvalue weighted by Crippen LogP contribution is -2.35. The van der Waals surface area contributed by atoms with Gasteiger partial charge in [-0.05, 0) is 35.8 Å². The molecule has 1 N–H and O–H groups in total. The molecule has 0 atom stereocenters. The monoisotopic (exact) mass is 481 g/mol. The summed E-state index contributed by atoms with van der Waals surface area (Å²) in [6.07, 6.45) is -0.520. The maximum absolute atomic E-state index is 13.0. The number of alkyl halides is 3. The summed E-state index contributed by atoms with van der Waals surface area (Å²) >= 11 is 0. The molecule has 1 saturated heterocycles. The Kier molecular flexibility index (Phi) is 8.14. The van der Waals surface area contributed by atoms with Crippen molar-refractivity contribution in [3.63, 3.8) is 0 Å². The Morgan fingerprint density at radius 3 is 2.41 bits per heavy atom. The van der Waals surface area contributed by atoms with Crippen LogP contribution in [0.2, 0.25) is 0 Å². The molecule has 4 rings (SSSR count). The molecule has 1 aliphatic carbocycles. The highest BCUT2D eigenvalue weighted by atomic mass is 19.4. The molecular weight excluding hydrogens is 451 g/mol. The minimum atomic E-state index is -5.08. The number of halogens is 3. The predicted molar refractivity (Wildman–Crippen MR) is 120 cm³/mol. The number of aliphatic carboxylic acids is 1. The highest BCUT2D eigenvalue weighted by Gasteiger charge is 2.38. The molecule has 2 aliphatic rings. The first-order valence-corrected chi connectivity index (χ1v) is 11.2. The SMILES string of the molecule is CC1(C)CCc2ncn(Cc3cccc(CN4CCOCC4)c3)c(=O)c2C1.O=C(O)C(F)(F)F.